The number of ether oxygens (including phenoxy) is 1. The van der Waals surface area contributed by atoms with Crippen molar-refractivity contribution in [3.63, 3.8) is 0 Å². The van der Waals surface area contributed by atoms with E-state index >= 15 is 0 Å². The van der Waals surface area contributed by atoms with Crippen molar-refractivity contribution < 1.29 is 14.3 Å². The molecule has 16 heavy (non-hydrogen) atoms. The van der Waals surface area contributed by atoms with Crippen LogP contribution in [0.25, 0.3) is 0 Å². The summed E-state index contributed by atoms with van der Waals surface area (Å²) < 4.78 is 10.9. The van der Waals surface area contributed by atoms with E-state index in [-0.39, 0.29) is 0 Å². The van der Waals surface area contributed by atoms with Crippen molar-refractivity contribution in [3.05, 3.63) is 52.4 Å². The Kier molecular flexibility index (Phi) is 3.31. The Bertz CT molecular complexity index is 461. The summed E-state index contributed by atoms with van der Waals surface area (Å²) in [6.07, 6.45) is -0.753. The van der Waals surface area contributed by atoms with Crippen molar-refractivity contribution in [2.75, 3.05) is 7.11 Å². The molecule has 1 atom stereocenters. The largest absolute Gasteiger partial charge is 0.497 e. The van der Waals surface area contributed by atoms with Crippen LogP contribution in [-0.4, -0.2) is 12.2 Å². The maximum absolute atomic E-state index is 10.0. The Morgan fingerprint density at radius 3 is 2.38 bits per heavy atom. The van der Waals surface area contributed by atoms with Crippen LogP contribution in [0.1, 0.15) is 17.4 Å². The molecule has 1 aromatic carbocycles. The maximum atomic E-state index is 10.0. The van der Waals surface area contributed by atoms with E-state index in [0.717, 1.165) is 11.3 Å². The Morgan fingerprint density at radius 1 is 1.19 bits per heavy atom. The molecule has 0 saturated heterocycles. The molecule has 0 bridgehead atoms. The van der Waals surface area contributed by atoms with Crippen molar-refractivity contribution in [2.24, 2.45) is 0 Å². The Balaban J connectivity index is 2.23. The predicted octanol–water partition coefficient (Wildman–Crippen LogP) is 3.13. The third-order valence-corrected chi connectivity index (χ3v) is 2.72. The van der Waals surface area contributed by atoms with Crippen LogP contribution in [0.4, 0.5) is 0 Å². The lowest BCUT2D eigenvalue weighted by atomic mass is 10.1. The summed E-state index contributed by atoms with van der Waals surface area (Å²) in [6.45, 7) is 0. The van der Waals surface area contributed by atoms with Crippen molar-refractivity contribution >= 4 is 15.9 Å². The molecular formula is C12H11BrO3. The Morgan fingerprint density at radius 2 is 1.88 bits per heavy atom. The second-order valence-corrected chi connectivity index (χ2v) is 4.10. The molecule has 2 rings (SSSR count). The molecule has 0 spiro atoms. The van der Waals surface area contributed by atoms with Gasteiger partial charge >= 0.3 is 0 Å². The topological polar surface area (TPSA) is 42.6 Å². The van der Waals surface area contributed by atoms with Gasteiger partial charge in [-0.3, -0.25) is 0 Å². The molecule has 0 radical (unpaired) electrons. The second-order valence-electron chi connectivity index (χ2n) is 3.32. The van der Waals surface area contributed by atoms with Gasteiger partial charge in [-0.25, -0.2) is 0 Å². The van der Waals surface area contributed by atoms with Gasteiger partial charge < -0.3 is 14.3 Å². The minimum atomic E-state index is -0.753. The first kappa shape index (κ1) is 11.2. The number of aliphatic hydroxyl groups is 1. The number of aliphatic hydroxyl groups excluding tert-OH is 1. The van der Waals surface area contributed by atoms with Crippen LogP contribution in [0.15, 0.2) is 45.5 Å². The van der Waals surface area contributed by atoms with Gasteiger partial charge in [0, 0.05) is 0 Å². The molecule has 0 fully saturated rings. The molecule has 2 aromatic rings. The molecule has 1 heterocycles. The number of furan rings is 1. The van der Waals surface area contributed by atoms with E-state index in [1.165, 1.54) is 0 Å². The molecule has 1 aromatic heterocycles. The summed E-state index contributed by atoms with van der Waals surface area (Å²) >= 11 is 3.20. The lowest BCUT2D eigenvalue weighted by molar-refractivity contribution is 0.187. The van der Waals surface area contributed by atoms with E-state index in [4.69, 9.17) is 9.15 Å². The van der Waals surface area contributed by atoms with E-state index in [0.29, 0.717) is 10.4 Å². The molecule has 0 saturated carbocycles. The molecular weight excluding hydrogens is 272 g/mol. The highest BCUT2D eigenvalue weighted by molar-refractivity contribution is 9.10. The van der Waals surface area contributed by atoms with Gasteiger partial charge in [-0.1, -0.05) is 12.1 Å². The second kappa shape index (κ2) is 4.72. The highest BCUT2D eigenvalue weighted by Gasteiger charge is 2.14. The summed E-state index contributed by atoms with van der Waals surface area (Å²) in [6, 6.07) is 10.7. The summed E-state index contributed by atoms with van der Waals surface area (Å²) in [5, 5.41) is 10.0. The van der Waals surface area contributed by atoms with Crippen LogP contribution in [-0.2, 0) is 0 Å². The van der Waals surface area contributed by atoms with Crippen molar-refractivity contribution in [3.8, 4) is 5.75 Å². The standard InChI is InChI=1S/C12H11BrO3/c1-15-9-4-2-8(3-5-9)12(14)10-6-7-11(13)16-10/h2-7,12,14H,1H3. The van der Waals surface area contributed by atoms with E-state index in [2.05, 4.69) is 15.9 Å². The van der Waals surface area contributed by atoms with E-state index in [1.54, 1.807) is 43.5 Å². The van der Waals surface area contributed by atoms with E-state index in [9.17, 15) is 5.11 Å². The minimum absolute atomic E-state index is 0.511. The average Bonchev–Trinajstić information content (AvgIpc) is 2.75. The Hall–Kier alpha value is -1.26. The summed E-state index contributed by atoms with van der Waals surface area (Å²) in [5.41, 5.74) is 0.766. The zero-order chi connectivity index (χ0) is 11.5. The zero-order valence-corrected chi connectivity index (χ0v) is 10.3. The number of rotatable bonds is 3. The van der Waals surface area contributed by atoms with Gasteiger partial charge in [0.15, 0.2) is 4.67 Å². The van der Waals surface area contributed by atoms with Gasteiger partial charge in [0.05, 0.1) is 7.11 Å². The minimum Gasteiger partial charge on any atom is -0.497 e. The number of hydrogen-bond donors (Lipinski definition) is 1. The fraction of sp³-hybridized carbons (Fsp3) is 0.167. The van der Waals surface area contributed by atoms with Gasteiger partial charge in [0.1, 0.15) is 17.6 Å². The molecule has 1 N–H and O–H groups in total. The zero-order valence-electron chi connectivity index (χ0n) is 8.68. The van der Waals surface area contributed by atoms with Crippen LogP contribution in [0, 0.1) is 0 Å². The van der Waals surface area contributed by atoms with Gasteiger partial charge in [-0.2, -0.15) is 0 Å². The highest BCUT2D eigenvalue weighted by atomic mass is 79.9. The monoisotopic (exact) mass is 282 g/mol. The fourth-order valence-electron chi connectivity index (χ4n) is 1.43. The first-order valence-corrected chi connectivity index (χ1v) is 5.57. The summed E-state index contributed by atoms with van der Waals surface area (Å²) in [5.74, 6) is 1.27. The quantitative estimate of drug-likeness (QED) is 0.941. The van der Waals surface area contributed by atoms with Crippen LogP contribution in [0.2, 0.25) is 0 Å². The number of methoxy groups -OCH3 is 1. The molecule has 0 aliphatic carbocycles. The van der Waals surface area contributed by atoms with Crippen LogP contribution < -0.4 is 4.74 Å². The number of hydrogen-bond acceptors (Lipinski definition) is 3. The maximum Gasteiger partial charge on any atom is 0.169 e. The van der Waals surface area contributed by atoms with E-state index < -0.39 is 6.10 Å². The molecule has 4 heteroatoms. The SMILES string of the molecule is COc1ccc(C(O)c2ccc(Br)o2)cc1. The van der Waals surface area contributed by atoms with Crippen molar-refractivity contribution in [1.29, 1.82) is 0 Å². The number of halogens is 1. The van der Waals surface area contributed by atoms with E-state index in [1.807, 2.05) is 0 Å². The molecule has 0 aliphatic rings. The average molecular weight is 283 g/mol. The van der Waals surface area contributed by atoms with Gasteiger partial charge in [0.2, 0.25) is 0 Å². The fourth-order valence-corrected chi connectivity index (χ4v) is 1.74. The predicted molar refractivity (Wildman–Crippen MR) is 63.5 cm³/mol. The van der Waals surface area contributed by atoms with Crippen LogP contribution >= 0.6 is 15.9 Å². The van der Waals surface area contributed by atoms with Gasteiger partial charge in [-0.15, -0.1) is 0 Å². The molecule has 84 valence electrons. The first-order chi connectivity index (χ1) is 7.70. The van der Waals surface area contributed by atoms with Crippen molar-refractivity contribution in [2.45, 2.75) is 6.10 Å². The molecule has 0 amide bonds. The summed E-state index contributed by atoms with van der Waals surface area (Å²) in [4.78, 5) is 0. The third kappa shape index (κ3) is 2.28. The lowest BCUT2D eigenvalue weighted by Crippen LogP contribution is -1.97. The first-order valence-electron chi connectivity index (χ1n) is 4.78. The normalized spacial score (nSPS) is 12.4. The molecule has 3 nitrogen and oxygen atoms in total. The highest BCUT2D eigenvalue weighted by Crippen LogP contribution is 2.26. The molecule has 0 aliphatic heterocycles. The van der Waals surface area contributed by atoms with Crippen LogP contribution in [0.3, 0.4) is 0 Å². The van der Waals surface area contributed by atoms with Gasteiger partial charge in [0.25, 0.3) is 0 Å². The summed E-state index contributed by atoms with van der Waals surface area (Å²) in [7, 11) is 1.61. The van der Waals surface area contributed by atoms with Crippen molar-refractivity contribution in [1.82, 2.24) is 0 Å². The lowest BCUT2D eigenvalue weighted by Gasteiger charge is -2.08. The smallest absolute Gasteiger partial charge is 0.169 e. The van der Waals surface area contributed by atoms with Crippen LogP contribution in [0.5, 0.6) is 5.75 Å². The number of benzene rings is 1. The van der Waals surface area contributed by atoms with Gasteiger partial charge in [-0.05, 0) is 45.8 Å². The molecule has 1 unspecified atom stereocenters. The third-order valence-electron chi connectivity index (χ3n) is 2.30. The Labute approximate surface area is 102 Å².